The van der Waals surface area contributed by atoms with Gasteiger partial charge in [-0.25, -0.2) is 12.8 Å². The normalized spacial score (nSPS) is 19.3. The lowest BCUT2D eigenvalue weighted by atomic mass is 10.1. The zero-order chi connectivity index (χ0) is 17.0. The van der Waals surface area contributed by atoms with Crippen LogP contribution in [0.2, 0.25) is 0 Å². The molecule has 1 saturated heterocycles. The second kappa shape index (κ2) is 7.42. The number of nitrogens with zero attached hydrogens (tertiary/aromatic N) is 1. The molecule has 24 heavy (non-hydrogen) atoms. The Balaban J connectivity index is 1.65. The third-order valence-corrected chi connectivity index (χ3v) is 5.88. The summed E-state index contributed by atoms with van der Waals surface area (Å²) in [4.78, 5) is 0. The van der Waals surface area contributed by atoms with Crippen LogP contribution in [0.25, 0.3) is 0 Å². The van der Waals surface area contributed by atoms with E-state index in [2.05, 4.69) is 0 Å². The van der Waals surface area contributed by atoms with Crippen molar-refractivity contribution in [3.8, 4) is 0 Å². The number of halogens is 1. The minimum Gasteiger partial charge on any atom is -0.375 e. The van der Waals surface area contributed by atoms with Crippen molar-refractivity contribution in [3.63, 3.8) is 0 Å². The number of ether oxygens (including phenoxy) is 1. The van der Waals surface area contributed by atoms with Crippen LogP contribution in [0.3, 0.4) is 0 Å². The van der Waals surface area contributed by atoms with Crippen LogP contribution in [0.1, 0.15) is 11.1 Å². The van der Waals surface area contributed by atoms with E-state index in [0.29, 0.717) is 31.7 Å². The maximum absolute atomic E-state index is 13.0. The van der Waals surface area contributed by atoms with Gasteiger partial charge in [-0.05, 0) is 29.7 Å². The van der Waals surface area contributed by atoms with Crippen LogP contribution in [-0.2, 0) is 26.9 Å². The SMILES string of the molecule is O=S(=O)(Cc1ccc(F)cc1)N1CCOC(Cc2ccccc2)C1. The molecule has 0 amide bonds. The van der Waals surface area contributed by atoms with Crippen molar-refractivity contribution in [2.75, 3.05) is 19.7 Å². The Hall–Kier alpha value is -1.76. The minimum atomic E-state index is -3.44. The first-order valence-corrected chi connectivity index (χ1v) is 9.52. The van der Waals surface area contributed by atoms with Gasteiger partial charge in [0.05, 0.1) is 18.5 Å². The number of hydrogen-bond acceptors (Lipinski definition) is 3. The number of hydrogen-bond donors (Lipinski definition) is 0. The average molecular weight is 349 g/mol. The highest BCUT2D eigenvalue weighted by Gasteiger charge is 2.29. The number of rotatable bonds is 5. The Labute approximate surface area is 141 Å². The van der Waals surface area contributed by atoms with Crippen LogP contribution in [0.4, 0.5) is 4.39 Å². The first-order valence-electron chi connectivity index (χ1n) is 7.91. The predicted molar refractivity (Wildman–Crippen MR) is 90.5 cm³/mol. The summed E-state index contributed by atoms with van der Waals surface area (Å²) in [6.07, 6.45) is 0.535. The lowest BCUT2D eigenvalue weighted by molar-refractivity contribution is -0.000542. The molecule has 0 spiro atoms. The van der Waals surface area contributed by atoms with Gasteiger partial charge in [0, 0.05) is 13.1 Å². The number of benzene rings is 2. The smallest absolute Gasteiger partial charge is 0.218 e. The molecule has 2 aromatic rings. The molecule has 1 unspecified atom stereocenters. The van der Waals surface area contributed by atoms with E-state index in [0.717, 1.165) is 5.56 Å². The second-order valence-electron chi connectivity index (χ2n) is 5.92. The highest BCUT2D eigenvalue weighted by atomic mass is 32.2. The number of morpholine rings is 1. The average Bonchev–Trinajstić information content (AvgIpc) is 2.58. The molecule has 1 aliphatic rings. The molecule has 4 nitrogen and oxygen atoms in total. The van der Waals surface area contributed by atoms with Gasteiger partial charge < -0.3 is 4.74 Å². The molecule has 128 valence electrons. The van der Waals surface area contributed by atoms with Gasteiger partial charge in [0.15, 0.2) is 0 Å². The predicted octanol–water partition coefficient (Wildman–Crippen LogP) is 2.60. The molecule has 1 aliphatic heterocycles. The van der Waals surface area contributed by atoms with Gasteiger partial charge in [0.25, 0.3) is 0 Å². The summed E-state index contributed by atoms with van der Waals surface area (Å²) in [7, 11) is -3.44. The van der Waals surface area contributed by atoms with Gasteiger partial charge in [-0.2, -0.15) is 4.31 Å². The zero-order valence-corrected chi connectivity index (χ0v) is 14.1. The Bertz CT molecular complexity index is 763. The maximum Gasteiger partial charge on any atom is 0.218 e. The highest BCUT2D eigenvalue weighted by Crippen LogP contribution is 2.18. The lowest BCUT2D eigenvalue weighted by Crippen LogP contribution is -2.46. The van der Waals surface area contributed by atoms with E-state index >= 15 is 0 Å². The summed E-state index contributed by atoms with van der Waals surface area (Å²) >= 11 is 0. The molecule has 1 fully saturated rings. The fourth-order valence-electron chi connectivity index (χ4n) is 2.83. The standard InChI is InChI=1S/C18H20FNO3S/c19-17-8-6-16(7-9-17)14-24(21,22)20-10-11-23-18(13-20)12-15-4-2-1-3-5-15/h1-9,18H,10-14H2. The summed E-state index contributed by atoms with van der Waals surface area (Å²) in [5.41, 5.74) is 1.71. The lowest BCUT2D eigenvalue weighted by Gasteiger charge is -2.32. The molecule has 1 heterocycles. The van der Waals surface area contributed by atoms with Crippen molar-refractivity contribution in [1.82, 2.24) is 4.31 Å². The van der Waals surface area contributed by atoms with Crippen LogP contribution < -0.4 is 0 Å². The van der Waals surface area contributed by atoms with Crippen molar-refractivity contribution >= 4 is 10.0 Å². The van der Waals surface area contributed by atoms with Crippen LogP contribution in [0, 0.1) is 5.82 Å². The van der Waals surface area contributed by atoms with Crippen molar-refractivity contribution in [1.29, 1.82) is 0 Å². The third kappa shape index (κ3) is 4.41. The Morgan fingerprint density at radius 1 is 1.04 bits per heavy atom. The van der Waals surface area contributed by atoms with E-state index in [1.807, 2.05) is 30.3 Å². The van der Waals surface area contributed by atoms with E-state index in [1.54, 1.807) is 0 Å². The quantitative estimate of drug-likeness (QED) is 0.834. The van der Waals surface area contributed by atoms with E-state index in [9.17, 15) is 12.8 Å². The molecule has 0 aliphatic carbocycles. The molecular formula is C18H20FNO3S. The molecule has 0 radical (unpaired) electrons. The summed E-state index contributed by atoms with van der Waals surface area (Å²) in [6.45, 7) is 1.09. The topological polar surface area (TPSA) is 46.6 Å². The Morgan fingerprint density at radius 2 is 1.75 bits per heavy atom. The maximum atomic E-state index is 13.0. The van der Waals surface area contributed by atoms with Crippen molar-refractivity contribution < 1.29 is 17.5 Å². The van der Waals surface area contributed by atoms with Crippen molar-refractivity contribution in [2.24, 2.45) is 0 Å². The van der Waals surface area contributed by atoms with E-state index in [4.69, 9.17) is 4.74 Å². The van der Waals surface area contributed by atoms with Gasteiger partial charge in [-0.3, -0.25) is 0 Å². The molecule has 2 aromatic carbocycles. The molecule has 3 rings (SSSR count). The van der Waals surface area contributed by atoms with Crippen LogP contribution in [0.5, 0.6) is 0 Å². The first kappa shape index (κ1) is 17.1. The Morgan fingerprint density at radius 3 is 2.46 bits per heavy atom. The summed E-state index contributed by atoms with van der Waals surface area (Å²) < 4.78 is 45.4. The highest BCUT2D eigenvalue weighted by molar-refractivity contribution is 7.88. The molecule has 0 aromatic heterocycles. The third-order valence-electron chi connectivity index (χ3n) is 4.06. The minimum absolute atomic E-state index is 0.120. The fraction of sp³-hybridized carbons (Fsp3) is 0.333. The monoisotopic (exact) mass is 349 g/mol. The van der Waals surface area contributed by atoms with E-state index in [1.165, 1.54) is 28.6 Å². The number of sulfonamides is 1. The van der Waals surface area contributed by atoms with Crippen molar-refractivity contribution in [3.05, 3.63) is 71.5 Å². The molecule has 0 saturated carbocycles. The van der Waals surface area contributed by atoms with E-state index < -0.39 is 10.0 Å². The zero-order valence-electron chi connectivity index (χ0n) is 13.3. The largest absolute Gasteiger partial charge is 0.375 e. The first-order chi connectivity index (χ1) is 11.5. The molecule has 0 N–H and O–H groups in total. The summed E-state index contributed by atoms with van der Waals surface area (Å²) in [5.74, 6) is -0.490. The van der Waals surface area contributed by atoms with Crippen LogP contribution in [-0.4, -0.2) is 38.5 Å². The van der Waals surface area contributed by atoms with Gasteiger partial charge in [0.1, 0.15) is 5.82 Å². The van der Waals surface area contributed by atoms with Gasteiger partial charge in [-0.15, -0.1) is 0 Å². The molecule has 6 heteroatoms. The fourth-order valence-corrected chi connectivity index (χ4v) is 4.37. The van der Waals surface area contributed by atoms with Gasteiger partial charge in [-0.1, -0.05) is 42.5 Å². The second-order valence-corrected chi connectivity index (χ2v) is 7.89. The molecule has 0 bridgehead atoms. The molecular weight excluding hydrogens is 329 g/mol. The van der Waals surface area contributed by atoms with Crippen LogP contribution in [0.15, 0.2) is 54.6 Å². The Kier molecular flexibility index (Phi) is 5.28. The molecule has 1 atom stereocenters. The summed E-state index contributed by atoms with van der Waals surface area (Å²) in [6, 6.07) is 15.5. The van der Waals surface area contributed by atoms with Gasteiger partial charge in [0.2, 0.25) is 10.0 Å². The van der Waals surface area contributed by atoms with Gasteiger partial charge >= 0.3 is 0 Å². The van der Waals surface area contributed by atoms with E-state index in [-0.39, 0.29) is 17.7 Å². The van der Waals surface area contributed by atoms with Crippen LogP contribution >= 0.6 is 0 Å². The summed E-state index contributed by atoms with van der Waals surface area (Å²) in [5, 5.41) is 0. The van der Waals surface area contributed by atoms with Crippen molar-refractivity contribution in [2.45, 2.75) is 18.3 Å².